The molecule has 0 N–H and O–H groups in total. The molecule has 3 rings (SSSR count). The molecule has 1 aliphatic rings. The number of benzene rings is 2. The van der Waals surface area contributed by atoms with Crippen LogP contribution in [0.2, 0.25) is 0 Å². The van der Waals surface area contributed by atoms with Crippen molar-refractivity contribution in [2.24, 2.45) is 0 Å². The van der Waals surface area contributed by atoms with Crippen LogP contribution >= 0.6 is 0 Å². The van der Waals surface area contributed by atoms with Gasteiger partial charge in [-0.3, -0.25) is 4.90 Å². The van der Waals surface area contributed by atoms with E-state index < -0.39 is 0 Å². The Morgan fingerprint density at radius 2 is 1.53 bits per heavy atom. The van der Waals surface area contributed by atoms with Crippen molar-refractivity contribution in [2.75, 3.05) is 24.5 Å². The highest BCUT2D eigenvalue weighted by Crippen LogP contribution is 2.29. The highest BCUT2D eigenvalue weighted by Gasteiger charge is 2.31. The Morgan fingerprint density at radius 3 is 2.09 bits per heavy atom. The molecule has 1 fully saturated rings. The minimum absolute atomic E-state index is 0.324. The van der Waals surface area contributed by atoms with Crippen LogP contribution in [0.15, 0.2) is 66.2 Å². The molecule has 1 heterocycles. The van der Waals surface area contributed by atoms with E-state index >= 15 is 0 Å². The van der Waals surface area contributed by atoms with Crippen LogP contribution in [0.4, 0.5) is 5.69 Å². The van der Waals surface area contributed by atoms with E-state index in [1.165, 1.54) is 61.2 Å². The van der Waals surface area contributed by atoms with Crippen LogP contribution in [0.1, 0.15) is 71.4 Å². The highest BCUT2D eigenvalue weighted by molar-refractivity contribution is 5.49. The molecular formula is C30H44N2. The van der Waals surface area contributed by atoms with E-state index in [0.29, 0.717) is 11.6 Å². The SMILES string of the molecule is CCCC(C)(C)N1CCC(N(CC=C(C)C)c2ccc(CCc3ccccc3)cc2)CC1. The van der Waals surface area contributed by atoms with E-state index in [2.05, 4.69) is 105 Å². The van der Waals surface area contributed by atoms with Crippen LogP contribution in [0.25, 0.3) is 0 Å². The standard InChI is InChI=1S/C30H44N2/c1-6-21-30(4,5)31-22-19-29(20-23-31)32(24-18-25(2)3)28-16-14-27(15-17-28)13-12-26-10-8-7-9-11-26/h7-11,14-18,29H,6,12-13,19-24H2,1-5H3. The predicted molar refractivity (Wildman–Crippen MR) is 141 cm³/mol. The summed E-state index contributed by atoms with van der Waals surface area (Å²) < 4.78 is 0. The Kier molecular flexibility index (Phi) is 8.99. The largest absolute Gasteiger partial charge is 0.365 e. The third kappa shape index (κ3) is 6.97. The van der Waals surface area contributed by atoms with Gasteiger partial charge in [-0.05, 0) is 83.1 Å². The van der Waals surface area contributed by atoms with Gasteiger partial charge in [-0.25, -0.2) is 0 Å². The normalized spacial score (nSPS) is 15.5. The molecule has 2 aromatic rings. The van der Waals surface area contributed by atoms with Gasteiger partial charge in [0.25, 0.3) is 0 Å². The molecule has 0 spiro atoms. The minimum atomic E-state index is 0.324. The van der Waals surface area contributed by atoms with E-state index in [1.54, 1.807) is 0 Å². The Hall–Kier alpha value is -2.06. The van der Waals surface area contributed by atoms with Gasteiger partial charge in [0, 0.05) is 36.9 Å². The Bertz CT molecular complexity index is 823. The maximum atomic E-state index is 2.72. The molecule has 1 aliphatic heterocycles. The maximum Gasteiger partial charge on any atom is 0.0371 e. The second-order valence-electron chi connectivity index (χ2n) is 10.4. The number of rotatable bonds is 10. The lowest BCUT2D eigenvalue weighted by molar-refractivity contribution is 0.0800. The van der Waals surface area contributed by atoms with Crippen molar-refractivity contribution < 1.29 is 0 Å². The molecule has 2 nitrogen and oxygen atoms in total. The summed E-state index contributed by atoms with van der Waals surface area (Å²) >= 11 is 0. The van der Waals surface area contributed by atoms with Gasteiger partial charge in [0.15, 0.2) is 0 Å². The lowest BCUT2D eigenvalue weighted by atomic mass is 9.91. The zero-order valence-corrected chi connectivity index (χ0v) is 21.1. The molecule has 174 valence electrons. The number of hydrogen-bond acceptors (Lipinski definition) is 2. The van der Waals surface area contributed by atoms with Gasteiger partial charge < -0.3 is 4.90 Å². The molecule has 0 unspecified atom stereocenters. The summed E-state index contributed by atoms with van der Waals surface area (Å²) in [6.07, 6.45) is 9.63. The molecule has 0 bridgehead atoms. The van der Waals surface area contributed by atoms with Crippen LogP contribution in [0, 0.1) is 0 Å². The Morgan fingerprint density at radius 1 is 0.938 bits per heavy atom. The summed E-state index contributed by atoms with van der Waals surface area (Å²) in [7, 11) is 0. The first-order valence-electron chi connectivity index (χ1n) is 12.7. The van der Waals surface area contributed by atoms with Crippen molar-refractivity contribution >= 4 is 5.69 Å². The van der Waals surface area contributed by atoms with Gasteiger partial charge in [-0.1, -0.05) is 67.5 Å². The van der Waals surface area contributed by atoms with Crippen molar-refractivity contribution in [3.05, 3.63) is 77.4 Å². The van der Waals surface area contributed by atoms with Crippen molar-refractivity contribution in [2.45, 2.75) is 84.7 Å². The topological polar surface area (TPSA) is 6.48 Å². The van der Waals surface area contributed by atoms with Crippen LogP contribution in [-0.4, -0.2) is 36.1 Å². The number of likely N-dealkylation sites (tertiary alicyclic amines) is 1. The number of aryl methyl sites for hydroxylation is 2. The van der Waals surface area contributed by atoms with E-state index in [4.69, 9.17) is 0 Å². The van der Waals surface area contributed by atoms with Crippen molar-refractivity contribution in [1.29, 1.82) is 0 Å². The van der Waals surface area contributed by atoms with Crippen LogP contribution < -0.4 is 4.90 Å². The lowest BCUT2D eigenvalue weighted by Gasteiger charge is -2.46. The van der Waals surface area contributed by atoms with Gasteiger partial charge in [0.2, 0.25) is 0 Å². The fourth-order valence-electron chi connectivity index (χ4n) is 5.09. The average Bonchev–Trinajstić information content (AvgIpc) is 2.79. The third-order valence-electron chi connectivity index (χ3n) is 7.13. The molecule has 1 saturated heterocycles. The second-order valence-corrected chi connectivity index (χ2v) is 10.4. The molecule has 0 aliphatic carbocycles. The van der Waals surface area contributed by atoms with Gasteiger partial charge in [-0.2, -0.15) is 0 Å². The zero-order valence-electron chi connectivity index (χ0n) is 21.1. The third-order valence-corrected chi connectivity index (χ3v) is 7.13. The summed E-state index contributed by atoms with van der Waals surface area (Å²) in [4.78, 5) is 5.37. The summed E-state index contributed by atoms with van der Waals surface area (Å²) in [5.41, 5.74) is 5.94. The fourth-order valence-corrected chi connectivity index (χ4v) is 5.09. The van der Waals surface area contributed by atoms with E-state index in [1.807, 2.05) is 0 Å². The monoisotopic (exact) mass is 432 g/mol. The Labute approximate surface area is 197 Å². The summed E-state index contributed by atoms with van der Waals surface area (Å²) in [6.45, 7) is 15.0. The number of allylic oxidation sites excluding steroid dienone is 1. The molecule has 2 heteroatoms. The first-order valence-corrected chi connectivity index (χ1v) is 12.7. The van der Waals surface area contributed by atoms with Crippen molar-refractivity contribution in [3.63, 3.8) is 0 Å². The number of hydrogen-bond donors (Lipinski definition) is 0. The number of piperidine rings is 1. The second kappa shape index (κ2) is 11.7. The quantitative estimate of drug-likeness (QED) is 0.364. The van der Waals surface area contributed by atoms with Crippen LogP contribution in [0.3, 0.4) is 0 Å². The van der Waals surface area contributed by atoms with E-state index in [0.717, 1.165) is 19.4 Å². The van der Waals surface area contributed by atoms with Crippen molar-refractivity contribution in [1.82, 2.24) is 4.90 Å². The molecule has 0 saturated carbocycles. The molecule has 2 aromatic carbocycles. The molecule has 0 radical (unpaired) electrons. The van der Waals surface area contributed by atoms with Gasteiger partial charge in [-0.15, -0.1) is 0 Å². The zero-order chi connectivity index (χ0) is 23.0. The molecular weight excluding hydrogens is 388 g/mol. The summed E-state index contributed by atoms with van der Waals surface area (Å²) in [6, 6.07) is 20.8. The number of anilines is 1. The van der Waals surface area contributed by atoms with E-state index in [9.17, 15) is 0 Å². The molecule has 0 amide bonds. The minimum Gasteiger partial charge on any atom is -0.365 e. The summed E-state index contributed by atoms with van der Waals surface area (Å²) in [5.74, 6) is 0. The van der Waals surface area contributed by atoms with Crippen LogP contribution in [0.5, 0.6) is 0 Å². The molecule has 32 heavy (non-hydrogen) atoms. The van der Waals surface area contributed by atoms with Crippen molar-refractivity contribution in [3.8, 4) is 0 Å². The lowest BCUT2D eigenvalue weighted by Crippen LogP contribution is -2.52. The fraction of sp³-hybridized carbons (Fsp3) is 0.533. The van der Waals surface area contributed by atoms with E-state index in [-0.39, 0.29) is 0 Å². The molecule has 0 aromatic heterocycles. The number of nitrogens with zero attached hydrogens (tertiary/aromatic N) is 2. The first-order chi connectivity index (χ1) is 15.4. The first kappa shape index (κ1) is 24.6. The van der Waals surface area contributed by atoms with Gasteiger partial charge >= 0.3 is 0 Å². The predicted octanol–water partition coefficient (Wildman–Crippen LogP) is 7.29. The van der Waals surface area contributed by atoms with Gasteiger partial charge in [0.1, 0.15) is 0 Å². The smallest absolute Gasteiger partial charge is 0.0371 e. The van der Waals surface area contributed by atoms with Crippen LogP contribution in [-0.2, 0) is 12.8 Å². The van der Waals surface area contributed by atoms with Gasteiger partial charge in [0.05, 0.1) is 0 Å². The highest BCUT2D eigenvalue weighted by atomic mass is 15.2. The average molecular weight is 433 g/mol. The summed E-state index contributed by atoms with van der Waals surface area (Å²) in [5, 5.41) is 0. The maximum absolute atomic E-state index is 2.72. The molecule has 0 atom stereocenters. The Balaban J connectivity index is 1.66.